The Balaban J connectivity index is 0.00000131. The summed E-state index contributed by atoms with van der Waals surface area (Å²) in [4.78, 5) is 6.70. The van der Waals surface area contributed by atoms with Crippen LogP contribution in [0.25, 0.3) is 0 Å². The van der Waals surface area contributed by atoms with E-state index in [1.54, 1.807) is 17.3 Å². The molecule has 0 saturated carbocycles. The summed E-state index contributed by atoms with van der Waals surface area (Å²) in [7, 11) is 0. The quantitative estimate of drug-likeness (QED) is 0.799. The first-order chi connectivity index (χ1) is 12.3. The van der Waals surface area contributed by atoms with Gasteiger partial charge in [-0.25, -0.2) is 9.67 Å². The van der Waals surface area contributed by atoms with E-state index in [4.69, 9.17) is 0 Å². The van der Waals surface area contributed by atoms with E-state index < -0.39 is 0 Å². The molecule has 0 amide bonds. The second-order valence-corrected chi connectivity index (χ2v) is 7.10. The molecule has 0 spiro atoms. The summed E-state index contributed by atoms with van der Waals surface area (Å²) in [6, 6.07) is 0.772. The van der Waals surface area contributed by atoms with E-state index in [0.29, 0.717) is 12.5 Å². The number of nitrogens with zero attached hydrogens (tertiary/aromatic N) is 7. The Morgan fingerprint density at radius 1 is 1.07 bits per heavy atom. The second-order valence-electron chi connectivity index (χ2n) is 7.10. The lowest BCUT2D eigenvalue weighted by atomic mass is 9.93. The van der Waals surface area contributed by atoms with E-state index in [1.807, 2.05) is 0 Å². The molecule has 2 saturated heterocycles. The zero-order valence-electron chi connectivity index (χ0n) is 15.8. The van der Waals surface area contributed by atoms with Crippen LogP contribution in [0.5, 0.6) is 0 Å². The number of likely N-dealkylation sites (tertiary alicyclic amines) is 1. The van der Waals surface area contributed by atoms with Gasteiger partial charge in [0.25, 0.3) is 0 Å². The lowest BCUT2D eigenvalue weighted by Crippen LogP contribution is -2.46. The summed E-state index contributed by atoms with van der Waals surface area (Å²) in [5.74, 6) is 2.65. The van der Waals surface area contributed by atoms with Gasteiger partial charge in [-0.15, -0.1) is 35.0 Å². The third-order valence-electron chi connectivity index (χ3n) is 5.66. The van der Waals surface area contributed by atoms with Gasteiger partial charge in [0, 0.05) is 18.5 Å². The first-order valence-corrected chi connectivity index (χ1v) is 9.54. The van der Waals surface area contributed by atoms with Crippen molar-refractivity contribution in [1.82, 2.24) is 39.7 Å². The van der Waals surface area contributed by atoms with Crippen molar-refractivity contribution in [2.75, 3.05) is 26.2 Å². The van der Waals surface area contributed by atoms with Gasteiger partial charge < -0.3 is 14.8 Å². The first-order valence-electron chi connectivity index (χ1n) is 9.54. The Bertz CT molecular complexity index is 661. The molecule has 0 atom stereocenters. The van der Waals surface area contributed by atoms with Gasteiger partial charge in [-0.2, -0.15) is 5.10 Å². The third-order valence-corrected chi connectivity index (χ3v) is 5.66. The molecule has 4 rings (SSSR count). The summed E-state index contributed by atoms with van der Waals surface area (Å²) in [6.45, 7) is 8.41. The van der Waals surface area contributed by atoms with Crippen molar-refractivity contribution >= 4 is 24.8 Å². The van der Waals surface area contributed by atoms with Gasteiger partial charge >= 0.3 is 0 Å². The van der Waals surface area contributed by atoms with Gasteiger partial charge in [0.15, 0.2) is 5.82 Å². The fourth-order valence-electron chi connectivity index (χ4n) is 4.27. The molecular weight excluding hydrogens is 387 g/mol. The molecule has 2 aromatic heterocycles. The summed E-state index contributed by atoms with van der Waals surface area (Å²) >= 11 is 0. The van der Waals surface area contributed by atoms with Crippen LogP contribution in [0.4, 0.5) is 0 Å². The van der Waals surface area contributed by atoms with E-state index in [9.17, 15) is 0 Å². The minimum Gasteiger partial charge on any atom is -0.317 e. The van der Waals surface area contributed by atoms with Gasteiger partial charge in [-0.05, 0) is 58.8 Å². The Hall–Kier alpha value is -1.22. The summed E-state index contributed by atoms with van der Waals surface area (Å²) in [5, 5.41) is 16.6. The van der Waals surface area contributed by atoms with Crippen LogP contribution in [0, 0.1) is 0 Å². The fourth-order valence-corrected chi connectivity index (χ4v) is 4.27. The lowest BCUT2D eigenvalue weighted by Gasteiger charge is -2.39. The number of rotatable bonds is 5. The predicted molar refractivity (Wildman–Crippen MR) is 109 cm³/mol. The van der Waals surface area contributed by atoms with Gasteiger partial charge in [-0.3, -0.25) is 0 Å². The molecule has 10 heteroatoms. The molecule has 0 radical (unpaired) electrons. The molecule has 1 N–H and O–H groups in total. The first kappa shape index (κ1) is 22.1. The number of piperidine rings is 2. The highest BCUT2D eigenvalue weighted by Crippen LogP contribution is 2.29. The molecule has 2 aromatic rings. The maximum atomic E-state index is 4.55. The van der Waals surface area contributed by atoms with Crippen LogP contribution in [-0.4, -0.2) is 66.6 Å². The standard InChI is InChI=1S/C17H28N8.2ClH/c1-2-25-16(11-24-13-19-12-20-24)21-22-17(25)14-5-9-23(10-6-14)15-3-7-18-8-4-15;;/h12-15,18H,2-11H2,1H3;2*1H. The summed E-state index contributed by atoms with van der Waals surface area (Å²) < 4.78 is 4.08. The second kappa shape index (κ2) is 10.4. The number of hydrogen-bond donors (Lipinski definition) is 1. The fraction of sp³-hybridized carbons (Fsp3) is 0.765. The van der Waals surface area contributed by atoms with Crippen LogP contribution in [0.15, 0.2) is 12.7 Å². The zero-order chi connectivity index (χ0) is 17.1. The Kier molecular flexibility index (Phi) is 8.47. The van der Waals surface area contributed by atoms with Crippen molar-refractivity contribution in [1.29, 1.82) is 0 Å². The van der Waals surface area contributed by atoms with Crippen LogP contribution in [0.3, 0.4) is 0 Å². The Morgan fingerprint density at radius 3 is 2.44 bits per heavy atom. The maximum absolute atomic E-state index is 4.55. The SMILES string of the molecule is CCn1c(Cn2cncn2)nnc1C1CCN(C2CCNCC2)CC1.Cl.Cl. The Labute approximate surface area is 172 Å². The highest BCUT2D eigenvalue weighted by molar-refractivity contribution is 5.85. The predicted octanol–water partition coefficient (Wildman–Crippen LogP) is 1.71. The van der Waals surface area contributed by atoms with Crippen LogP contribution < -0.4 is 5.32 Å². The normalized spacial score (nSPS) is 19.4. The van der Waals surface area contributed by atoms with Crippen LogP contribution >= 0.6 is 24.8 Å². The van der Waals surface area contributed by atoms with Gasteiger partial charge in [0.1, 0.15) is 25.0 Å². The monoisotopic (exact) mass is 416 g/mol. The van der Waals surface area contributed by atoms with Gasteiger partial charge in [0.05, 0.1) is 0 Å². The lowest BCUT2D eigenvalue weighted by molar-refractivity contribution is 0.124. The van der Waals surface area contributed by atoms with E-state index in [2.05, 4.69) is 42.0 Å². The highest BCUT2D eigenvalue weighted by atomic mass is 35.5. The molecule has 8 nitrogen and oxygen atoms in total. The smallest absolute Gasteiger partial charge is 0.154 e. The zero-order valence-corrected chi connectivity index (χ0v) is 17.5. The van der Waals surface area contributed by atoms with Crippen molar-refractivity contribution in [2.45, 2.75) is 57.7 Å². The van der Waals surface area contributed by atoms with Crippen LogP contribution in [-0.2, 0) is 13.1 Å². The topological polar surface area (TPSA) is 76.7 Å². The van der Waals surface area contributed by atoms with E-state index in [-0.39, 0.29) is 24.8 Å². The highest BCUT2D eigenvalue weighted by Gasteiger charge is 2.29. The minimum absolute atomic E-state index is 0. The molecule has 2 aliphatic rings. The largest absolute Gasteiger partial charge is 0.317 e. The minimum atomic E-state index is 0. The number of aromatic nitrogens is 6. The Morgan fingerprint density at radius 2 is 1.81 bits per heavy atom. The molecule has 4 heterocycles. The third kappa shape index (κ3) is 4.99. The maximum Gasteiger partial charge on any atom is 0.154 e. The molecule has 0 unspecified atom stereocenters. The molecule has 2 aliphatic heterocycles. The average molecular weight is 417 g/mol. The van der Waals surface area contributed by atoms with Crippen molar-refractivity contribution in [2.24, 2.45) is 0 Å². The van der Waals surface area contributed by atoms with Crippen molar-refractivity contribution in [3.63, 3.8) is 0 Å². The molecule has 152 valence electrons. The van der Waals surface area contributed by atoms with Crippen molar-refractivity contribution in [3.8, 4) is 0 Å². The summed E-state index contributed by atoms with van der Waals surface area (Å²) in [5.41, 5.74) is 0. The average Bonchev–Trinajstić information content (AvgIpc) is 3.32. The van der Waals surface area contributed by atoms with Crippen molar-refractivity contribution in [3.05, 3.63) is 24.3 Å². The van der Waals surface area contributed by atoms with Gasteiger partial charge in [-0.1, -0.05) is 0 Å². The number of nitrogens with one attached hydrogen (secondary N) is 1. The molecular formula is C17H30Cl2N8. The van der Waals surface area contributed by atoms with Gasteiger partial charge in [0.2, 0.25) is 0 Å². The molecule has 0 aliphatic carbocycles. The van der Waals surface area contributed by atoms with E-state index in [1.165, 1.54) is 51.9 Å². The number of halogens is 2. The van der Waals surface area contributed by atoms with Crippen LogP contribution in [0.1, 0.15) is 50.2 Å². The van der Waals surface area contributed by atoms with Crippen LogP contribution in [0.2, 0.25) is 0 Å². The molecule has 27 heavy (non-hydrogen) atoms. The summed E-state index contributed by atoms with van der Waals surface area (Å²) in [6.07, 6.45) is 8.24. The van der Waals surface area contributed by atoms with Crippen molar-refractivity contribution < 1.29 is 0 Å². The molecule has 0 aromatic carbocycles. The van der Waals surface area contributed by atoms with E-state index in [0.717, 1.165) is 24.2 Å². The molecule has 0 bridgehead atoms. The number of hydrogen-bond acceptors (Lipinski definition) is 6. The van der Waals surface area contributed by atoms with E-state index >= 15 is 0 Å². The molecule has 2 fully saturated rings.